The van der Waals surface area contributed by atoms with Gasteiger partial charge in [0.1, 0.15) is 0 Å². The third-order valence-corrected chi connectivity index (χ3v) is 1.91. The third-order valence-electron chi connectivity index (χ3n) is 1.91. The lowest BCUT2D eigenvalue weighted by Gasteiger charge is -2.18. The second kappa shape index (κ2) is 4.48. The summed E-state index contributed by atoms with van der Waals surface area (Å²) >= 11 is 0. The van der Waals surface area contributed by atoms with Gasteiger partial charge in [0.2, 0.25) is 0 Å². The summed E-state index contributed by atoms with van der Waals surface area (Å²) in [5.74, 6) is 0.704. The molecule has 0 aliphatic heterocycles. The lowest BCUT2D eigenvalue weighted by molar-refractivity contribution is -0.496. The van der Waals surface area contributed by atoms with E-state index in [1.165, 1.54) is 0 Å². The predicted octanol–water partition coefficient (Wildman–Crippen LogP) is 2.66. The average molecular weight is 171 g/mol. The van der Waals surface area contributed by atoms with Gasteiger partial charge in [0, 0.05) is 11.8 Å². The fourth-order valence-electron chi connectivity index (χ4n) is 1.47. The maximum absolute atomic E-state index is 11.6. The highest BCUT2D eigenvalue weighted by molar-refractivity contribution is 5.83. The van der Waals surface area contributed by atoms with Crippen molar-refractivity contribution in [1.29, 1.82) is 0 Å². The van der Waals surface area contributed by atoms with E-state index in [1.807, 2.05) is 13.8 Å². The van der Waals surface area contributed by atoms with Crippen LogP contribution in [0.1, 0.15) is 41.5 Å². The molecule has 2 nitrogen and oxygen atoms in total. The first kappa shape index (κ1) is 11.5. The summed E-state index contributed by atoms with van der Waals surface area (Å²) < 4.78 is 1.15. The van der Waals surface area contributed by atoms with Crippen LogP contribution in [0.15, 0.2) is 0 Å². The molecule has 0 heterocycles. The van der Waals surface area contributed by atoms with Crippen LogP contribution in [-0.4, -0.2) is 16.5 Å². The molecule has 0 fully saturated rings. The van der Waals surface area contributed by atoms with E-state index in [4.69, 9.17) is 0 Å². The molecule has 0 radical (unpaired) electrons. The number of hydrogen-bond acceptors (Lipinski definition) is 1. The zero-order valence-electron chi connectivity index (χ0n) is 9.09. The van der Waals surface area contributed by atoms with Crippen molar-refractivity contribution in [2.75, 3.05) is 0 Å². The molecule has 0 rings (SSSR count). The van der Waals surface area contributed by atoms with E-state index < -0.39 is 0 Å². The van der Waals surface area contributed by atoms with Crippen molar-refractivity contribution in [3.63, 3.8) is 0 Å². The summed E-state index contributed by atoms with van der Waals surface area (Å²) in [5.41, 5.74) is 1.00. The summed E-state index contributed by atoms with van der Waals surface area (Å²) in [6.45, 7) is 12.1. The minimum absolute atomic E-state index is 0.0600. The molecule has 0 N–H and O–H groups in total. The van der Waals surface area contributed by atoms with Crippen LogP contribution in [0, 0.1) is 17.0 Å². The van der Waals surface area contributed by atoms with Crippen molar-refractivity contribution in [2.45, 2.75) is 47.6 Å². The molecule has 0 bridgehead atoms. The molecule has 0 aromatic rings. The van der Waals surface area contributed by atoms with Crippen molar-refractivity contribution in [3.05, 3.63) is 5.21 Å². The van der Waals surface area contributed by atoms with Crippen molar-refractivity contribution >= 4 is 5.71 Å². The second-order valence-corrected chi connectivity index (χ2v) is 4.15. The second-order valence-electron chi connectivity index (χ2n) is 4.15. The first-order valence-electron chi connectivity index (χ1n) is 4.71. The molecule has 72 valence electrons. The summed E-state index contributed by atoms with van der Waals surface area (Å²) in [6.07, 6.45) is 0. The van der Waals surface area contributed by atoms with Gasteiger partial charge in [-0.25, -0.2) is 4.74 Å². The van der Waals surface area contributed by atoms with Crippen molar-refractivity contribution in [3.8, 4) is 0 Å². The Morgan fingerprint density at radius 2 is 1.25 bits per heavy atom. The molecule has 0 aromatic heterocycles. The normalized spacial score (nSPS) is 11.4. The Hall–Kier alpha value is -0.530. The maximum atomic E-state index is 11.6. The van der Waals surface area contributed by atoms with Gasteiger partial charge in [0.25, 0.3) is 0 Å². The Labute approximate surface area is 75.9 Å². The monoisotopic (exact) mass is 171 g/mol. The van der Waals surface area contributed by atoms with Gasteiger partial charge in [-0.2, -0.15) is 0 Å². The molecular weight excluding hydrogens is 150 g/mol. The van der Waals surface area contributed by atoms with Gasteiger partial charge in [-0.15, -0.1) is 0 Å². The summed E-state index contributed by atoms with van der Waals surface area (Å²) in [5, 5.41) is 11.6. The van der Waals surface area contributed by atoms with Gasteiger partial charge in [0.05, 0.1) is 0 Å². The highest BCUT2D eigenvalue weighted by Crippen LogP contribution is 2.09. The average Bonchev–Trinajstić information content (AvgIpc) is 1.85. The Morgan fingerprint density at radius 3 is 1.33 bits per heavy atom. The van der Waals surface area contributed by atoms with E-state index in [-0.39, 0.29) is 6.04 Å². The summed E-state index contributed by atoms with van der Waals surface area (Å²) in [6, 6.07) is 0.0600. The standard InChI is InChI=1S/C10H21NO/c1-7(2)10(8(3)4)11(12)9(5)6/h7-9H,1-6H3. The van der Waals surface area contributed by atoms with Crippen LogP contribution < -0.4 is 0 Å². The number of hydroxylamine groups is 1. The van der Waals surface area contributed by atoms with Crippen LogP contribution in [0.5, 0.6) is 0 Å². The topological polar surface area (TPSA) is 26.1 Å². The first-order chi connectivity index (χ1) is 5.37. The van der Waals surface area contributed by atoms with Gasteiger partial charge in [-0.3, -0.25) is 0 Å². The van der Waals surface area contributed by atoms with E-state index in [0.717, 1.165) is 10.5 Å². The fourth-order valence-corrected chi connectivity index (χ4v) is 1.47. The third kappa shape index (κ3) is 2.84. The van der Waals surface area contributed by atoms with Crippen LogP contribution in [-0.2, 0) is 0 Å². The van der Waals surface area contributed by atoms with E-state index >= 15 is 0 Å². The molecule has 0 aliphatic carbocycles. The number of rotatable bonds is 3. The Bertz CT molecular complexity index is 159. The first-order valence-corrected chi connectivity index (χ1v) is 4.71. The minimum Gasteiger partial charge on any atom is -0.624 e. The lowest BCUT2D eigenvalue weighted by Crippen LogP contribution is -2.30. The molecule has 0 atom stereocenters. The Balaban J connectivity index is 4.81. The van der Waals surface area contributed by atoms with E-state index in [1.54, 1.807) is 0 Å². The molecule has 0 spiro atoms. The molecule has 0 saturated carbocycles. The predicted molar refractivity (Wildman–Crippen MR) is 53.4 cm³/mol. The molecule has 0 aliphatic rings. The number of nitrogens with zero attached hydrogens (tertiary/aromatic N) is 1. The zero-order chi connectivity index (χ0) is 9.89. The van der Waals surface area contributed by atoms with Gasteiger partial charge in [-0.05, 0) is 13.8 Å². The molecule has 2 heteroatoms. The van der Waals surface area contributed by atoms with Crippen LogP contribution >= 0.6 is 0 Å². The minimum atomic E-state index is 0.0600. The number of hydrogen-bond donors (Lipinski definition) is 0. The van der Waals surface area contributed by atoms with E-state index in [0.29, 0.717) is 11.8 Å². The van der Waals surface area contributed by atoms with Crippen LogP contribution in [0.25, 0.3) is 0 Å². The molecular formula is C10H21NO. The smallest absolute Gasteiger partial charge is 0.168 e. The SMILES string of the molecule is CC(C)C(C(C)C)=[N+]([O-])C(C)C. The Morgan fingerprint density at radius 1 is 0.917 bits per heavy atom. The van der Waals surface area contributed by atoms with E-state index in [9.17, 15) is 5.21 Å². The van der Waals surface area contributed by atoms with Gasteiger partial charge < -0.3 is 5.21 Å². The van der Waals surface area contributed by atoms with Crippen molar-refractivity contribution < 1.29 is 4.74 Å². The summed E-state index contributed by atoms with van der Waals surface area (Å²) in [4.78, 5) is 0. The van der Waals surface area contributed by atoms with Crippen LogP contribution in [0.2, 0.25) is 0 Å². The zero-order valence-corrected chi connectivity index (χ0v) is 9.09. The lowest BCUT2D eigenvalue weighted by atomic mass is 9.97. The highest BCUT2D eigenvalue weighted by atomic mass is 16.5. The van der Waals surface area contributed by atoms with Crippen molar-refractivity contribution in [1.82, 2.24) is 0 Å². The largest absolute Gasteiger partial charge is 0.624 e. The highest BCUT2D eigenvalue weighted by Gasteiger charge is 2.19. The maximum Gasteiger partial charge on any atom is 0.168 e. The molecule has 0 saturated heterocycles. The quantitative estimate of drug-likeness (QED) is 0.277. The Kier molecular flexibility index (Phi) is 4.29. The van der Waals surface area contributed by atoms with Gasteiger partial charge in [0.15, 0.2) is 11.8 Å². The van der Waals surface area contributed by atoms with Crippen LogP contribution in [0.4, 0.5) is 0 Å². The summed E-state index contributed by atoms with van der Waals surface area (Å²) in [7, 11) is 0. The van der Waals surface area contributed by atoms with Crippen LogP contribution in [0.3, 0.4) is 0 Å². The van der Waals surface area contributed by atoms with Crippen molar-refractivity contribution in [2.24, 2.45) is 11.8 Å². The molecule has 0 aromatic carbocycles. The van der Waals surface area contributed by atoms with Gasteiger partial charge in [-0.1, -0.05) is 27.7 Å². The van der Waals surface area contributed by atoms with E-state index in [2.05, 4.69) is 27.7 Å². The molecule has 0 unspecified atom stereocenters. The van der Waals surface area contributed by atoms with Gasteiger partial charge >= 0.3 is 0 Å². The molecule has 12 heavy (non-hydrogen) atoms. The fraction of sp³-hybridized carbons (Fsp3) is 0.900. The molecule has 0 amide bonds.